The van der Waals surface area contributed by atoms with Crippen LogP contribution in [0.4, 0.5) is 5.69 Å². The highest BCUT2D eigenvalue weighted by Crippen LogP contribution is 2.39. The van der Waals surface area contributed by atoms with Crippen molar-refractivity contribution in [1.82, 2.24) is 10.5 Å². The summed E-state index contributed by atoms with van der Waals surface area (Å²) in [5.41, 5.74) is 5.18. The number of aryl methyl sites for hydroxylation is 2. The van der Waals surface area contributed by atoms with E-state index in [4.69, 9.17) is 16.1 Å². The van der Waals surface area contributed by atoms with Gasteiger partial charge in [0.15, 0.2) is 5.76 Å². The second kappa shape index (κ2) is 8.56. The Kier molecular flexibility index (Phi) is 5.56. The van der Waals surface area contributed by atoms with Gasteiger partial charge in [-0.25, -0.2) is 0 Å². The first kappa shape index (κ1) is 22.1. The number of amides is 1. The summed E-state index contributed by atoms with van der Waals surface area (Å²) in [4.78, 5) is 14.6. The number of halogens is 1. The minimum absolute atomic E-state index is 0.0339. The highest BCUT2D eigenvalue weighted by molar-refractivity contribution is 7.84. The number of rotatable bonds is 3. The number of anilines is 1. The Morgan fingerprint density at radius 1 is 1.12 bits per heavy atom. The largest absolute Gasteiger partial charge is 0.355 e. The summed E-state index contributed by atoms with van der Waals surface area (Å²) in [7, 11) is 0. The zero-order chi connectivity index (χ0) is 24.0. The molecule has 1 aromatic heterocycles. The quantitative estimate of drug-likeness (QED) is 0.344. The fourth-order valence-electron chi connectivity index (χ4n) is 4.11. The van der Waals surface area contributed by atoms with Crippen LogP contribution in [0, 0.1) is 25.2 Å². The van der Waals surface area contributed by atoms with Crippen LogP contribution in [0.5, 0.6) is 0 Å². The van der Waals surface area contributed by atoms with Crippen LogP contribution < -0.4 is 10.2 Å². The summed E-state index contributed by atoms with van der Waals surface area (Å²) in [5.74, 6) is 0.135. The van der Waals surface area contributed by atoms with Crippen LogP contribution in [-0.2, 0) is 4.79 Å². The molecule has 1 N–H and O–H groups in total. The molecule has 3 aromatic carbocycles. The molecule has 1 aliphatic heterocycles. The lowest BCUT2D eigenvalue weighted by Gasteiger charge is -2.39. The SMILES string of the molecule is Cc1ccc(C)c(N2C(S)=C(C#N)C(=O)NC2c2ccc3noc(-c4ccc(Cl)cc4)c3c2)c1. The van der Waals surface area contributed by atoms with Crippen LogP contribution in [0.2, 0.25) is 5.02 Å². The van der Waals surface area contributed by atoms with Gasteiger partial charge in [0.2, 0.25) is 0 Å². The second-order valence-corrected chi connectivity index (χ2v) is 9.00. The molecule has 6 nitrogen and oxygen atoms in total. The molecule has 0 fully saturated rings. The molecular formula is C26H19ClN4O2S. The fourth-order valence-corrected chi connectivity index (χ4v) is 4.61. The van der Waals surface area contributed by atoms with Gasteiger partial charge in [-0.3, -0.25) is 4.79 Å². The van der Waals surface area contributed by atoms with E-state index in [9.17, 15) is 10.1 Å². The van der Waals surface area contributed by atoms with Crippen LogP contribution in [0.1, 0.15) is 22.9 Å². The first-order valence-electron chi connectivity index (χ1n) is 10.5. The van der Waals surface area contributed by atoms with Crippen molar-refractivity contribution in [3.05, 3.63) is 93.0 Å². The van der Waals surface area contributed by atoms with Crippen LogP contribution >= 0.6 is 24.2 Å². The van der Waals surface area contributed by atoms with E-state index in [0.29, 0.717) is 21.3 Å². The third-order valence-electron chi connectivity index (χ3n) is 5.86. The van der Waals surface area contributed by atoms with E-state index in [1.807, 2.05) is 73.3 Å². The van der Waals surface area contributed by atoms with E-state index < -0.39 is 12.1 Å². The minimum atomic E-state index is -0.588. The molecule has 0 aliphatic carbocycles. The second-order valence-electron chi connectivity index (χ2n) is 8.14. The molecule has 168 valence electrons. The number of benzene rings is 3. The molecular weight excluding hydrogens is 468 g/mol. The third kappa shape index (κ3) is 3.71. The van der Waals surface area contributed by atoms with Crippen LogP contribution in [0.25, 0.3) is 22.2 Å². The molecule has 0 radical (unpaired) electrons. The summed E-state index contributed by atoms with van der Waals surface area (Å²) in [5, 5.41) is 18.5. The van der Waals surface area contributed by atoms with Crippen molar-refractivity contribution in [3.63, 3.8) is 0 Å². The van der Waals surface area contributed by atoms with Gasteiger partial charge < -0.3 is 14.7 Å². The zero-order valence-corrected chi connectivity index (χ0v) is 20.0. The van der Waals surface area contributed by atoms with E-state index in [0.717, 1.165) is 33.3 Å². The molecule has 1 amide bonds. The smallest absolute Gasteiger partial charge is 0.266 e. The summed E-state index contributed by atoms with van der Waals surface area (Å²) in [6.45, 7) is 3.98. The first-order valence-corrected chi connectivity index (χ1v) is 11.4. The maximum Gasteiger partial charge on any atom is 0.266 e. The predicted molar refractivity (Wildman–Crippen MR) is 135 cm³/mol. The zero-order valence-electron chi connectivity index (χ0n) is 18.3. The van der Waals surface area contributed by atoms with Gasteiger partial charge in [-0.05, 0) is 73.0 Å². The molecule has 8 heteroatoms. The van der Waals surface area contributed by atoms with Crippen LogP contribution in [0.15, 0.2) is 75.8 Å². The number of carbonyl (C=O) groups is 1. The van der Waals surface area contributed by atoms with E-state index in [2.05, 4.69) is 23.1 Å². The molecule has 4 aromatic rings. The van der Waals surface area contributed by atoms with Gasteiger partial charge in [-0.15, -0.1) is 12.6 Å². The molecule has 1 aliphatic rings. The fraction of sp³-hybridized carbons (Fsp3) is 0.115. The highest BCUT2D eigenvalue weighted by Gasteiger charge is 2.35. The van der Waals surface area contributed by atoms with Gasteiger partial charge in [0.05, 0.1) is 10.4 Å². The molecule has 0 saturated heterocycles. The lowest BCUT2D eigenvalue weighted by Crippen LogP contribution is -2.46. The third-order valence-corrected chi connectivity index (χ3v) is 6.55. The molecule has 0 bridgehead atoms. The number of fused-ring (bicyclic) bond motifs is 1. The van der Waals surface area contributed by atoms with Gasteiger partial charge in [0.25, 0.3) is 5.91 Å². The van der Waals surface area contributed by atoms with Crippen molar-refractivity contribution in [3.8, 4) is 17.4 Å². The molecule has 0 saturated carbocycles. The topological polar surface area (TPSA) is 82.2 Å². The number of nitrogens with one attached hydrogen (secondary N) is 1. The van der Waals surface area contributed by atoms with E-state index in [-0.39, 0.29) is 5.57 Å². The molecule has 0 spiro atoms. The van der Waals surface area contributed by atoms with Crippen LogP contribution in [-0.4, -0.2) is 11.1 Å². The number of aromatic nitrogens is 1. The number of hydrogen-bond acceptors (Lipinski definition) is 6. The Balaban J connectivity index is 1.68. The Morgan fingerprint density at radius 2 is 1.88 bits per heavy atom. The monoisotopic (exact) mass is 486 g/mol. The van der Waals surface area contributed by atoms with E-state index in [1.165, 1.54) is 0 Å². The van der Waals surface area contributed by atoms with Gasteiger partial charge in [-0.1, -0.05) is 35.0 Å². The lowest BCUT2D eigenvalue weighted by molar-refractivity contribution is -0.118. The normalized spacial score (nSPS) is 16.0. The number of hydrogen-bond donors (Lipinski definition) is 2. The number of nitrogens with zero attached hydrogens (tertiary/aromatic N) is 3. The van der Waals surface area contributed by atoms with Gasteiger partial charge in [0.1, 0.15) is 23.3 Å². The highest BCUT2D eigenvalue weighted by atomic mass is 35.5. The summed E-state index contributed by atoms with van der Waals surface area (Å²) >= 11 is 10.7. The molecule has 34 heavy (non-hydrogen) atoms. The first-order chi connectivity index (χ1) is 16.4. The van der Waals surface area contributed by atoms with Crippen molar-refractivity contribution in [2.45, 2.75) is 20.0 Å². The predicted octanol–water partition coefficient (Wildman–Crippen LogP) is 6.07. The maximum absolute atomic E-state index is 12.8. The van der Waals surface area contributed by atoms with Crippen molar-refractivity contribution in [2.24, 2.45) is 0 Å². The molecule has 1 atom stereocenters. The molecule has 5 rings (SSSR count). The van der Waals surface area contributed by atoms with Crippen molar-refractivity contribution >= 4 is 46.7 Å². The maximum atomic E-state index is 12.8. The number of carbonyl (C=O) groups excluding carboxylic acids is 1. The van der Waals surface area contributed by atoms with Gasteiger partial charge in [0, 0.05) is 16.3 Å². The van der Waals surface area contributed by atoms with Gasteiger partial charge >= 0.3 is 0 Å². The lowest BCUT2D eigenvalue weighted by atomic mass is 10.0. The van der Waals surface area contributed by atoms with E-state index >= 15 is 0 Å². The van der Waals surface area contributed by atoms with Crippen molar-refractivity contribution in [1.29, 1.82) is 5.26 Å². The summed E-state index contributed by atoms with van der Waals surface area (Å²) < 4.78 is 5.64. The summed E-state index contributed by atoms with van der Waals surface area (Å²) in [6, 6.07) is 21.0. The molecule has 2 heterocycles. The number of thiol groups is 1. The Bertz CT molecular complexity index is 1520. The minimum Gasteiger partial charge on any atom is -0.355 e. The number of nitriles is 1. The average Bonchev–Trinajstić information content (AvgIpc) is 3.24. The van der Waals surface area contributed by atoms with Crippen molar-refractivity contribution < 1.29 is 9.32 Å². The van der Waals surface area contributed by atoms with Gasteiger partial charge in [-0.2, -0.15) is 5.26 Å². The Labute approximate surface area is 206 Å². The Morgan fingerprint density at radius 3 is 2.62 bits per heavy atom. The average molecular weight is 487 g/mol. The standard InChI is InChI=1S/C26H19ClN4O2S/c1-14-3-4-15(2)22(11-14)31-24(29-25(32)20(13-28)26(31)34)17-7-10-21-19(12-17)23(33-30-21)16-5-8-18(27)9-6-16/h3-12,24,34H,1-2H3,(H,29,32). The van der Waals surface area contributed by atoms with E-state index in [1.54, 1.807) is 12.1 Å². The summed E-state index contributed by atoms with van der Waals surface area (Å²) in [6.07, 6.45) is -0.588. The Hall–Kier alpha value is -3.73. The van der Waals surface area contributed by atoms with Crippen LogP contribution in [0.3, 0.4) is 0 Å². The molecule has 1 unspecified atom stereocenters. The van der Waals surface area contributed by atoms with Crippen molar-refractivity contribution in [2.75, 3.05) is 4.90 Å².